The van der Waals surface area contributed by atoms with Crippen molar-refractivity contribution in [1.82, 2.24) is 14.5 Å². The maximum absolute atomic E-state index is 13.9. The molecular formula is C26H23F2N3O3. The minimum Gasteiger partial charge on any atom is -0.495 e. The van der Waals surface area contributed by atoms with Crippen molar-refractivity contribution < 1.29 is 23.0 Å². The van der Waals surface area contributed by atoms with Gasteiger partial charge in [0.05, 0.1) is 30.9 Å². The third-order valence-electron chi connectivity index (χ3n) is 6.13. The smallest absolute Gasteiger partial charge is 0.293 e. The predicted molar refractivity (Wildman–Crippen MR) is 123 cm³/mol. The zero-order valence-electron chi connectivity index (χ0n) is 19.0. The molecule has 2 aliphatic heterocycles. The number of ether oxygens (including phenoxy) is 2. The molecule has 0 radical (unpaired) electrons. The van der Waals surface area contributed by atoms with E-state index in [0.717, 1.165) is 29.1 Å². The van der Waals surface area contributed by atoms with E-state index in [1.165, 1.54) is 6.07 Å². The fraction of sp³-hybridized carbons (Fsp3) is 0.231. The van der Waals surface area contributed by atoms with E-state index in [9.17, 15) is 13.6 Å². The summed E-state index contributed by atoms with van der Waals surface area (Å²) in [6.45, 7) is 3.80. The van der Waals surface area contributed by atoms with Gasteiger partial charge in [-0.25, -0.2) is 13.8 Å². The lowest BCUT2D eigenvalue weighted by Crippen LogP contribution is -2.48. The number of hydrogen-bond acceptors (Lipinski definition) is 4. The standard InChI is InChI=1S/C26H23F2N3O3/c1-15-13-30(14-29-15)23-7-4-17(10-24(23)33-3)11-25-26(32)31-21(16(2)34-25)8-9-22(31)18-5-6-19(27)20(28)12-18/h4-7,9-14,16,21H,8H2,1-3H3/b25-11-/t16-,21+/m0/s1. The summed E-state index contributed by atoms with van der Waals surface area (Å²) in [7, 11) is 1.58. The van der Waals surface area contributed by atoms with Crippen LogP contribution in [0.4, 0.5) is 8.78 Å². The summed E-state index contributed by atoms with van der Waals surface area (Å²) in [6, 6.07) is 9.01. The highest BCUT2D eigenvalue weighted by Gasteiger charge is 2.43. The summed E-state index contributed by atoms with van der Waals surface area (Å²) >= 11 is 0. The molecule has 0 aliphatic carbocycles. The van der Waals surface area contributed by atoms with E-state index in [4.69, 9.17) is 9.47 Å². The molecule has 1 saturated heterocycles. The first-order valence-electron chi connectivity index (χ1n) is 10.9. The van der Waals surface area contributed by atoms with Gasteiger partial charge in [-0.2, -0.15) is 0 Å². The molecule has 0 spiro atoms. The van der Waals surface area contributed by atoms with Crippen molar-refractivity contribution in [3.05, 3.63) is 89.2 Å². The summed E-state index contributed by atoms with van der Waals surface area (Å²) in [4.78, 5) is 19.3. The van der Waals surface area contributed by atoms with Crippen molar-refractivity contribution in [3.63, 3.8) is 0 Å². The van der Waals surface area contributed by atoms with Gasteiger partial charge in [-0.3, -0.25) is 9.69 Å². The molecule has 1 aromatic heterocycles. The lowest BCUT2D eigenvalue weighted by atomic mass is 10.1. The molecule has 2 atom stereocenters. The number of imidazole rings is 1. The van der Waals surface area contributed by atoms with Crippen molar-refractivity contribution in [3.8, 4) is 11.4 Å². The largest absolute Gasteiger partial charge is 0.495 e. The second-order valence-corrected chi connectivity index (χ2v) is 8.38. The Balaban J connectivity index is 1.47. The van der Waals surface area contributed by atoms with Crippen molar-refractivity contribution in [1.29, 1.82) is 0 Å². The molecule has 3 heterocycles. The number of amides is 1. The fourth-order valence-corrected chi connectivity index (χ4v) is 4.43. The Bertz CT molecular complexity index is 1340. The van der Waals surface area contributed by atoms with Crippen LogP contribution < -0.4 is 4.74 Å². The molecule has 6 nitrogen and oxygen atoms in total. The zero-order valence-corrected chi connectivity index (χ0v) is 19.0. The van der Waals surface area contributed by atoms with Crippen LogP contribution in [0.3, 0.4) is 0 Å². The van der Waals surface area contributed by atoms with Crippen molar-refractivity contribution in [2.45, 2.75) is 32.4 Å². The van der Waals surface area contributed by atoms with E-state index in [-0.39, 0.29) is 23.8 Å². The number of nitrogens with zero attached hydrogens (tertiary/aromatic N) is 3. The lowest BCUT2D eigenvalue weighted by Gasteiger charge is -2.38. The topological polar surface area (TPSA) is 56.6 Å². The Labute approximate surface area is 195 Å². The first-order valence-corrected chi connectivity index (χ1v) is 10.9. The number of benzene rings is 2. The maximum Gasteiger partial charge on any atom is 0.293 e. The number of carbonyl (C=O) groups is 1. The molecule has 1 amide bonds. The van der Waals surface area contributed by atoms with Gasteiger partial charge in [0.1, 0.15) is 11.9 Å². The van der Waals surface area contributed by atoms with Crippen molar-refractivity contribution in [2.24, 2.45) is 0 Å². The Hall–Kier alpha value is -3.94. The molecule has 1 fully saturated rings. The van der Waals surface area contributed by atoms with E-state index >= 15 is 0 Å². The van der Waals surface area contributed by atoms with Gasteiger partial charge < -0.3 is 14.0 Å². The second-order valence-electron chi connectivity index (χ2n) is 8.38. The average Bonchev–Trinajstić information content (AvgIpc) is 3.46. The quantitative estimate of drug-likeness (QED) is 0.518. The number of carbonyl (C=O) groups excluding carboxylic acids is 1. The summed E-state index contributed by atoms with van der Waals surface area (Å²) < 4.78 is 40.7. The number of halogens is 2. The van der Waals surface area contributed by atoms with Crippen molar-refractivity contribution in [2.75, 3.05) is 7.11 Å². The predicted octanol–water partition coefficient (Wildman–Crippen LogP) is 4.87. The van der Waals surface area contributed by atoms with Gasteiger partial charge in [-0.15, -0.1) is 0 Å². The number of aromatic nitrogens is 2. The number of aryl methyl sites for hydroxylation is 1. The minimum atomic E-state index is -0.952. The van der Waals surface area contributed by atoms with E-state index in [2.05, 4.69) is 4.98 Å². The maximum atomic E-state index is 13.9. The normalized spacial score (nSPS) is 20.9. The van der Waals surface area contributed by atoms with Crippen LogP contribution in [0.25, 0.3) is 17.5 Å². The third kappa shape index (κ3) is 3.75. The molecule has 0 N–H and O–H groups in total. The molecule has 0 unspecified atom stereocenters. The number of rotatable bonds is 4. The van der Waals surface area contributed by atoms with Crippen LogP contribution in [0.1, 0.15) is 30.2 Å². The molecule has 0 saturated carbocycles. The lowest BCUT2D eigenvalue weighted by molar-refractivity contribution is -0.138. The van der Waals surface area contributed by atoms with E-state index in [1.54, 1.807) is 24.4 Å². The van der Waals surface area contributed by atoms with Crippen LogP contribution in [0.5, 0.6) is 5.75 Å². The highest BCUT2D eigenvalue weighted by Crippen LogP contribution is 2.38. The minimum absolute atomic E-state index is 0.174. The Morgan fingerprint density at radius 2 is 2.00 bits per heavy atom. The molecule has 2 aromatic carbocycles. The number of hydrogen-bond donors (Lipinski definition) is 0. The molecular weight excluding hydrogens is 440 g/mol. The fourth-order valence-electron chi connectivity index (χ4n) is 4.43. The van der Waals surface area contributed by atoms with E-state index < -0.39 is 11.6 Å². The van der Waals surface area contributed by atoms with Crippen molar-refractivity contribution >= 4 is 17.7 Å². The van der Waals surface area contributed by atoms with Gasteiger partial charge in [-0.05, 0) is 62.2 Å². The summed E-state index contributed by atoms with van der Waals surface area (Å²) in [5.74, 6) is -1.42. The van der Waals surface area contributed by atoms with Crippen LogP contribution in [-0.2, 0) is 9.53 Å². The molecule has 8 heteroatoms. The summed E-state index contributed by atoms with van der Waals surface area (Å²) in [6.07, 6.45) is 7.43. The Morgan fingerprint density at radius 3 is 2.71 bits per heavy atom. The van der Waals surface area contributed by atoms with Gasteiger partial charge in [-0.1, -0.05) is 12.1 Å². The van der Waals surface area contributed by atoms with E-state index in [0.29, 0.717) is 23.4 Å². The highest BCUT2D eigenvalue weighted by molar-refractivity contribution is 6.02. The SMILES string of the molecule is COc1cc(/C=C2\O[C@@H](C)[C@H]3CC=C(c4ccc(F)c(F)c4)N3C2=O)ccc1-n1cnc(C)c1. The van der Waals surface area contributed by atoms with Gasteiger partial charge >= 0.3 is 0 Å². The molecule has 5 rings (SSSR count). The van der Waals surface area contributed by atoms with Gasteiger partial charge in [0, 0.05) is 17.5 Å². The molecule has 2 aliphatic rings. The number of morpholine rings is 1. The molecule has 34 heavy (non-hydrogen) atoms. The van der Waals surface area contributed by atoms with Crippen LogP contribution >= 0.6 is 0 Å². The van der Waals surface area contributed by atoms with Crippen LogP contribution in [0.15, 0.2) is 60.8 Å². The summed E-state index contributed by atoms with van der Waals surface area (Å²) in [5.41, 5.74) is 3.43. The second kappa shape index (κ2) is 8.44. The monoisotopic (exact) mass is 463 g/mol. The van der Waals surface area contributed by atoms with Gasteiger partial charge in [0.2, 0.25) is 0 Å². The third-order valence-corrected chi connectivity index (χ3v) is 6.13. The van der Waals surface area contributed by atoms with Gasteiger partial charge in [0.25, 0.3) is 5.91 Å². The van der Waals surface area contributed by atoms with Crippen LogP contribution in [0, 0.1) is 18.6 Å². The van der Waals surface area contributed by atoms with E-state index in [1.807, 2.05) is 48.9 Å². The Morgan fingerprint density at radius 1 is 1.18 bits per heavy atom. The first-order chi connectivity index (χ1) is 16.4. The number of methoxy groups -OCH3 is 1. The van der Waals surface area contributed by atoms with Gasteiger partial charge in [0.15, 0.2) is 17.4 Å². The molecule has 0 bridgehead atoms. The average molecular weight is 463 g/mol. The highest BCUT2D eigenvalue weighted by atomic mass is 19.2. The Kier molecular flexibility index (Phi) is 5.43. The van der Waals surface area contributed by atoms with Crippen LogP contribution in [0.2, 0.25) is 0 Å². The van der Waals surface area contributed by atoms with Crippen LogP contribution in [-0.4, -0.2) is 39.6 Å². The number of fused-ring (bicyclic) bond motifs is 1. The zero-order chi connectivity index (χ0) is 24.0. The first kappa shape index (κ1) is 21.9. The molecule has 174 valence electrons. The molecule has 3 aromatic rings. The summed E-state index contributed by atoms with van der Waals surface area (Å²) in [5, 5.41) is 0.